The first kappa shape index (κ1) is 14.2. The molecule has 0 bridgehead atoms. The summed E-state index contributed by atoms with van der Waals surface area (Å²) in [5, 5.41) is 32.5. The topological polar surface area (TPSA) is 149 Å². The van der Waals surface area contributed by atoms with E-state index in [9.17, 15) is 9.59 Å². The molecule has 0 aromatic carbocycles. The van der Waals surface area contributed by atoms with E-state index in [1.807, 2.05) is 0 Å². The molecule has 13 heavy (non-hydrogen) atoms. The fourth-order valence-corrected chi connectivity index (χ4v) is 0.270. The van der Waals surface area contributed by atoms with Gasteiger partial charge in [-0.3, -0.25) is 8.92 Å². The minimum atomic E-state index is -2.27. The van der Waals surface area contributed by atoms with Gasteiger partial charge >= 0.3 is 21.2 Å². The van der Waals surface area contributed by atoms with E-state index in [-0.39, 0.29) is 0 Å². The van der Waals surface area contributed by atoms with Gasteiger partial charge in [0.1, 0.15) is 0 Å². The molecular weight excluding hydrogens is 204 g/mol. The number of carboxylic acids is 2. The van der Waals surface area contributed by atoms with Crippen molar-refractivity contribution in [3.63, 3.8) is 0 Å². The molecule has 0 rings (SSSR count). The molecule has 0 aromatic heterocycles. The van der Waals surface area contributed by atoms with E-state index in [0.717, 1.165) is 0 Å². The van der Waals surface area contributed by atoms with Crippen molar-refractivity contribution < 1.29 is 38.9 Å². The number of hydrogen-bond donors (Lipinski definition) is 4. The van der Waals surface area contributed by atoms with Crippen LogP contribution in [-0.4, -0.2) is 53.9 Å². The van der Waals surface area contributed by atoms with Gasteiger partial charge in [-0.15, -0.1) is 0 Å². The van der Waals surface area contributed by atoms with Crippen LogP contribution in [0, 0.1) is 0 Å². The number of hydrogen-bond acceptors (Lipinski definition) is 6. The number of aliphatic hydroxyl groups is 2. The Bertz CT molecular complexity index is 200. The van der Waals surface area contributed by atoms with Crippen LogP contribution in [0.2, 0.25) is 0 Å². The molecule has 8 nitrogen and oxygen atoms in total. The van der Waals surface area contributed by atoms with E-state index in [1.54, 1.807) is 0 Å². The predicted octanol–water partition coefficient (Wildman–Crippen LogP) is -2.74. The second-order valence-corrected chi connectivity index (χ2v) is 1.82. The number of aliphatic hydroxyl groups excluding tert-OH is 2. The van der Waals surface area contributed by atoms with E-state index in [1.165, 1.54) is 0 Å². The summed E-state index contributed by atoms with van der Waals surface area (Å²) in [6.07, 6.45) is -4.53. The Morgan fingerprint density at radius 3 is 1.15 bits per heavy atom. The number of rotatable bonds is 3. The first-order valence-electron chi connectivity index (χ1n) is 2.69. The summed E-state index contributed by atoms with van der Waals surface area (Å²) in [5.41, 5.74) is 0. The maximum atomic E-state index is 9.77. The van der Waals surface area contributed by atoms with Gasteiger partial charge in [-0.2, -0.15) is 0 Å². The second-order valence-electron chi connectivity index (χ2n) is 1.65. The lowest BCUT2D eigenvalue weighted by molar-refractivity contribution is -0.165. The van der Waals surface area contributed by atoms with Crippen LogP contribution in [0.25, 0.3) is 0 Å². The van der Waals surface area contributed by atoms with Crippen molar-refractivity contribution in [3.05, 3.63) is 0 Å². The van der Waals surface area contributed by atoms with Crippen molar-refractivity contribution in [1.82, 2.24) is 0 Å². The van der Waals surface area contributed by atoms with Gasteiger partial charge in [-0.25, -0.2) is 9.59 Å². The van der Waals surface area contributed by atoms with Crippen LogP contribution in [0.3, 0.4) is 0 Å². The molecule has 0 aromatic rings. The highest BCUT2D eigenvalue weighted by Gasteiger charge is 2.29. The molecule has 4 N–H and O–H groups in total. The van der Waals surface area contributed by atoms with Gasteiger partial charge in [0.25, 0.3) is 0 Å². The SMILES string of the molecule is O=C(O)C(O)C(O)C(=O)O.O=[Si]=O. The van der Waals surface area contributed by atoms with Crippen LogP contribution in [0.5, 0.6) is 0 Å². The number of carbonyl (C=O) groups is 2. The molecule has 0 spiro atoms. The summed E-state index contributed by atoms with van der Waals surface area (Å²) < 4.78 is 16.8. The second kappa shape index (κ2) is 7.33. The summed E-state index contributed by atoms with van der Waals surface area (Å²) in [6, 6.07) is 0. The van der Waals surface area contributed by atoms with Gasteiger partial charge in [0.05, 0.1) is 0 Å². The Kier molecular flexibility index (Phi) is 8.02. The maximum Gasteiger partial charge on any atom is 0.549 e. The Hall–Kier alpha value is -1.32. The van der Waals surface area contributed by atoms with Crippen molar-refractivity contribution in [2.75, 3.05) is 0 Å². The molecule has 0 radical (unpaired) electrons. The maximum absolute atomic E-state index is 9.77. The predicted molar refractivity (Wildman–Crippen MR) is 34.4 cm³/mol. The van der Waals surface area contributed by atoms with Gasteiger partial charge in [-0.05, 0) is 0 Å². The van der Waals surface area contributed by atoms with E-state index >= 15 is 0 Å². The van der Waals surface area contributed by atoms with Crippen molar-refractivity contribution in [1.29, 1.82) is 0 Å². The Labute approximate surface area is 73.4 Å². The largest absolute Gasteiger partial charge is 0.549 e. The third kappa shape index (κ3) is 7.05. The molecule has 74 valence electrons. The van der Waals surface area contributed by atoms with E-state index in [4.69, 9.17) is 29.4 Å². The lowest BCUT2D eigenvalue weighted by Crippen LogP contribution is -2.39. The normalized spacial score (nSPS) is 12.8. The van der Waals surface area contributed by atoms with Crippen molar-refractivity contribution in [2.45, 2.75) is 12.2 Å². The third-order valence-corrected chi connectivity index (χ3v) is 0.805. The highest BCUT2D eigenvalue weighted by atomic mass is 28.2. The fourth-order valence-electron chi connectivity index (χ4n) is 0.270. The standard InChI is InChI=1S/C4H6O6.O2Si/c5-1(3(7)8)2(6)4(9)10;1-3-2/h1-2,5-6H,(H,7,8)(H,9,10);. The Morgan fingerprint density at radius 2 is 1.08 bits per heavy atom. The van der Waals surface area contributed by atoms with Crippen LogP contribution in [0.4, 0.5) is 0 Å². The van der Waals surface area contributed by atoms with E-state index in [0.29, 0.717) is 0 Å². The van der Waals surface area contributed by atoms with Crippen LogP contribution in [0.1, 0.15) is 0 Å². The van der Waals surface area contributed by atoms with E-state index in [2.05, 4.69) is 0 Å². The van der Waals surface area contributed by atoms with Gasteiger partial charge in [0, 0.05) is 0 Å². The van der Waals surface area contributed by atoms with Crippen LogP contribution >= 0.6 is 0 Å². The molecule has 0 aliphatic rings. The number of aliphatic carboxylic acids is 2. The van der Waals surface area contributed by atoms with Gasteiger partial charge in [-0.1, -0.05) is 0 Å². The van der Waals surface area contributed by atoms with Gasteiger partial charge in [0.15, 0.2) is 12.2 Å². The summed E-state index contributed by atoms with van der Waals surface area (Å²) in [6.45, 7) is 0. The minimum absolute atomic E-state index is 1.42. The zero-order valence-corrected chi connectivity index (χ0v) is 7.08. The summed E-state index contributed by atoms with van der Waals surface area (Å²) >= 11 is 0. The molecule has 0 aliphatic heterocycles. The highest BCUT2D eigenvalue weighted by molar-refractivity contribution is 5.94. The van der Waals surface area contributed by atoms with E-state index < -0.39 is 33.4 Å². The Morgan fingerprint density at radius 1 is 0.923 bits per heavy atom. The van der Waals surface area contributed by atoms with Crippen LogP contribution in [0.15, 0.2) is 0 Å². The molecular formula is C4H6O8Si. The zero-order chi connectivity index (χ0) is 11.0. The number of carboxylic acid groups (broad SMARTS) is 2. The third-order valence-electron chi connectivity index (χ3n) is 0.805. The average Bonchev–Trinajstić information content (AvgIpc) is 2.03. The van der Waals surface area contributed by atoms with Crippen molar-refractivity contribution in [2.24, 2.45) is 0 Å². The lowest BCUT2D eigenvalue weighted by Gasteiger charge is -2.07. The summed E-state index contributed by atoms with van der Waals surface area (Å²) in [7, 11) is -1.42. The summed E-state index contributed by atoms with van der Waals surface area (Å²) in [5.74, 6) is -3.54. The smallest absolute Gasteiger partial charge is 0.479 e. The molecule has 0 saturated carbocycles. The highest BCUT2D eigenvalue weighted by Crippen LogP contribution is 1.92. The van der Waals surface area contributed by atoms with Crippen molar-refractivity contribution in [3.8, 4) is 0 Å². The molecule has 0 heterocycles. The fraction of sp³-hybridized carbons (Fsp3) is 0.500. The monoisotopic (exact) mass is 210 g/mol. The molecule has 0 amide bonds. The molecule has 2 atom stereocenters. The van der Waals surface area contributed by atoms with Crippen LogP contribution in [-0.2, 0) is 18.5 Å². The first-order chi connectivity index (χ1) is 5.88. The summed E-state index contributed by atoms with van der Waals surface area (Å²) in [4.78, 5) is 19.5. The first-order valence-corrected chi connectivity index (χ1v) is 3.51. The Balaban J connectivity index is 0. The molecule has 0 fully saturated rings. The van der Waals surface area contributed by atoms with Gasteiger partial charge in [0.2, 0.25) is 0 Å². The molecule has 2 unspecified atom stereocenters. The lowest BCUT2D eigenvalue weighted by atomic mass is 10.2. The molecule has 9 heteroatoms. The average molecular weight is 210 g/mol. The van der Waals surface area contributed by atoms with Crippen molar-refractivity contribution >= 4 is 21.2 Å². The molecule has 0 aliphatic carbocycles. The molecule has 0 saturated heterocycles. The van der Waals surface area contributed by atoms with Gasteiger partial charge < -0.3 is 20.4 Å². The quantitative estimate of drug-likeness (QED) is 0.366. The van der Waals surface area contributed by atoms with Crippen LogP contribution < -0.4 is 0 Å². The minimum Gasteiger partial charge on any atom is -0.479 e. The zero-order valence-electron chi connectivity index (χ0n) is 6.08.